The fourth-order valence-corrected chi connectivity index (χ4v) is 1.36. The highest BCUT2D eigenvalue weighted by molar-refractivity contribution is 4.42. The van der Waals surface area contributed by atoms with Crippen molar-refractivity contribution in [2.45, 2.75) is 52.4 Å². The van der Waals surface area contributed by atoms with Crippen LogP contribution in [0.4, 0.5) is 0 Å². The predicted molar refractivity (Wildman–Crippen MR) is 74.9 cm³/mol. The molecule has 2 N–H and O–H groups in total. The number of rotatable bonds is 12. The first kappa shape index (κ1) is 20.2. The van der Waals surface area contributed by atoms with Crippen LogP contribution >= 0.6 is 0 Å². The van der Waals surface area contributed by atoms with E-state index in [2.05, 4.69) is 18.6 Å². The molecule has 0 heterocycles. The Morgan fingerprint density at radius 3 is 1.72 bits per heavy atom. The van der Waals surface area contributed by atoms with E-state index in [0.717, 1.165) is 13.2 Å². The minimum Gasteiger partial charge on any atom is -0.394 e. The summed E-state index contributed by atoms with van der Waals surface area (Å²) in [5.74, 6) is 0. The first-order chi connectivity index (χ1) is 8.83. The fraction of sp³-hybridized carbons (Fsp3) is 1.00. The highest BCUT2D eigenvalue weighted by Crippen LogP contribution is 2.04. The molecule has 0 aliphatic rings. The molecule has 4 nitrogen and oxygen atoms in total. The molecule has 18 heavy (non-hydrogen) atoms. The lowest BCUT2D eigenvalue weighted by molar-refractivity contribution is 0.0650. The Kier molecular flexibility index (Phi) is 24.7. The number of aliphatic hydroxyl groups excluding tert-OH is 2. The zero-order valence-electron chi connectivity index (χ0n) is 12.2. The molecule has 112 valence electrons. The number of aliphatic hydroxyl groups is 2. The summed E-state index contributed by atoms with van der Waals surface area (Å²) in [6.45, 7) is 6.83. The normalized spacial score (nSPS) is 10.0. The Labute approximate surface area is 112 Å². The van der Waals surface area contributed by atoms with E-state index >= 15 is 0 Å². The van der Waals surface area contributed by atoms with Gasteiger partial charge < -0.3 is 19.7 Å². The van der Waals surface area contributed by atoms with Gasteiger partial charge in [0.15, 0.2) is 0 Å². The number of ether oxygens (including phenoxy) is 2. The van der Waals surface area contributed by atoms with Gasteiger partial charge in [0, 0.05) is 13.2 Å². The Bertz CT molecular complexity index is 108. The molecule has 0 aliphatic heterocycles. The molecular weight excluding hydrogens is 232 g/mol. The van der Waals surface area contributed by atoms with E-state index in [4.69, 9.17) is 14.9 Å². The van der Waals surface area contributed by atoms with Crippen LogP contribution in [0.2, 0.25) is 0 Å². The average Bonchev–Trinajstić information content (AvgIpc) is 2.39. The third kappa shape index (κ3) is 24.9. The molecule has 0 spiro atoms. The molecule has 0 aromatic carbocycles. The van der Waals surface area contributed by atoms with Gasteiger partial charge >= 0.3 is 0 Å². The molecule has 0 saturated carbocycles. The van der Waals surface area contributed by atoms with Crippen molar-refractivity contribution in [3.63, 3.8) is 0 Å². The molecular formula is C14H32O4. The Hall–Kier alpha value is -0.160. The van der Waals surface area contributed by atoms with Crippen LogP contribution in [0, 0.1) is 0 Å². The molecule has 0 atom stereocenters. The summed E-state index contributed by atoms with van der Waals surface area (Å²) in [4.78, 5) is 0. The number of hydrogen-bond donors (Lipinski definition) is 2. The van der Waals surface area contributed by atoms with Gasteiger partial charge in [-0.3, -0.25) is 0 Å². The van der Waals surface area contributed by atoms with Crippen molar-refractivity contribution in [3.05, 3.63) is 0 Å². The molecule has 0 unspecified atom stereocenters. The summed E-state index contributed by atoms with van der Waals surface area (Å²) in [6, 6.07) is 0. The summed E-state index contributed by atoms with van der Waals surface area (Å²) < 4.78 is 9.87. The number of unbranched alkanes of at least 4 members (excludes halogenated alkanes) is 5. The van der Waals surface area contributed by atoms with Crippen LogP contribution in [0.5, 0.6) is 0 Å². The van der Waals surface area contributed by atoms with E-state index in [-0.39, 0.29) is 13.2 Å². The van der Waals surface area contributed by atoms with Crippen LogP contribution in [-0.2, 0) is 9.47 Å². The van der Waals surface area contributed by atoms with Gasteiger partial charge in [0.2, 0.25) is 0 Å². The Morgan fingerprint density at radius 2 is 1.22 bits per heavy atom. The van der Waals surface area contributed by atoms with Crippen molar-refractivity contribution in [1.82, 2.24) is 0 Å². The summed E-state index contributed by atoms with van der Waals surface area (Å²) in [7, 11) is 0. The Balaban J connectivity index is 0. The third-order valence-corrected chi connectivity index (χ3v) is 2.32. The molecule has 0 aliphatic carbocycles. The van der Waals surface area contributed by atoms with Gasteiger partial charge in [-0.1, -0.05) is 39.0 Å². The summed E-state index contributed by atoms with van der Waals surface area (Å²) in [5.41, 5.74) is 0. The maximum absolute atomic E-state index is 8.09. The lowest BCUT2D eigenvalue weighted by Gasteiger charge is -2.00. The zero-order valence-corrected chi connectivity index (χ0v) is 12.2. The van der Waals surface area contributed by atoms with E-state index in [9.17, 15) is 0 Å². The summed E-state index contributed by atoms with van der Waals surface area (Å²) in [5, 5.41) is 16.2. The second-order valence-electron chi connectivity index (χ2n) is 4.02. The van der Waals surface area contributed by atoms with Crippen molar-refractivity contribution in [2.75, 3.05) is 39.6 Å². The summed E-state index contributed by atoms with van der Waals surface area (Å²) in [6.07, 6.45) is 8.13. The first-order valence-corrected chi connectivity index (χ1v) is 7.20. The van der Waals surface area contributed by atoms with Gasteiger partial charge in [-0.15, -0.1) is 0 Å². The lowest BCUT2D eigenvalue weighted by atomic mass is 10.1. The Morgan fingerprint density at radius 1 is 0.667 bits per heavy atom. The average molecular weight is 264 g/mol. The molecule has 0 rings (SSSR count). The van der Waals surface area contributed by atoms with E-state index in [1.165, 1.54) is 38.5 Å². The second-order valence-corrected chi connectivity index (χ2v) is 4.02. The van der Waals surface area contributed by atoms with E-state index in [1.54, 1.807) is 0 Å². The minimum atomic E-state index is 0.0278. The van der Waals surface area contributed by atoms with Crippen molar-refractivity contribution in [1.29, 1.82) is 0 Å². The van der Waals surface area contributed by atoms with Crippen LogP contribution in [0.25, 0.3) is 0 Å². The van der Waals surface area contributed by atoms with Gasteiger partial charge in [0.25, 0.3) is 0 Å². The highest BCUT2D eigenvalue weighted by atomic mass is 16.5. The fourth-order valence-electron chi connectivity index (χ4n) is 1.36. The first-order valence-electron chi connectivity index (χ1n) is 7.20. The summed E-state index contributed by atoms with van der Waals surface area (Å²) >= 11 is 0. The molecule has 0 amide bonds. The SMILES string of the molecule is CCCCCCCCOCC.OCCOCCO. The quantitative estimate of drug-likeness (QED) is 0.531. The van der Waals surface area contributed by atoms with Crippen LogP contribution in [-0.4, -0.2) is 49.9 Å². The van der Waals surface area contributed by atoms with Crippen molar-refractivity contribution >= 4 is 0 Å². The molecule has 0 radical (unpaired) electrons. The molecule has 0 saturated heterocycles. The molecule has 0 aromatic heterocycles. The van der Waals surface area contributed by atoms with Gasteiger partial charge in [-0.05, 0) is 13.3 Å². The molecule has 0 bridgehead atoms. The monoisotopic (exact) mass is 264 g/mol. The third-order valence-electron chi connectivity index (χ3n) is 2.32. The van der Waals surface area contributed by atoms with Crippen molar-refractivity contribution in [2.24, 2.45) is 0 Å². The lowest BCUT2D eigenvalue weighted by Crippen LogP contribution is -2.03. The van der Waals surface area contributed by atoms with Crippen LogP contribution in [0.15, 0.2) is 0 Å². The van der Waals surface area contributed by atoms with Gasteiger partial charge in [0.05, 0.1) is 26.4 Å². The maximum Gasteiger partial charge on any atom is 0.0698 e. The molecule has 4 heteroatoms. The highest BCUT2D eigenvalue weighted by Gasteiger charge is 1.88. The van der Waals surface area contributed by atoms with E-state index in [1.807, 2.05) is 0 Å². The van der Waals surface area contributed by atoms with Gasteiger partial charge in [-0.2, -0.15) is 0 Å². The predicted octanol–water partition coefficient (Wildman–Crippen LogP) is 2.37. The topological polar surface area (TPSA) is 58.9 Å². The maximum atomic E-state index is 8.09. The standard InChI is InChI=1S/C10H22O.C4H10O3/c1-3-5-6-7-8-9-10-11-4-2;5-1-3-7-4-2-6/h3-10H2,1-2H3;5-6H,1-4H2. The van der Waals surface area contributed by atoms with Crippen LogP contribution in [0.3, 0.4) is 0 Å². The second kappa shape index (κ2) is 22.1. The number of hydrogen-bond acceptors (Lipinski definition) is 4. The molecule has 0 fully saturated rings. The van der Waals surface area contributed by atoms with Gasteiger partial charge in [0.1, 0.15) is 0 Å². The van der Waals surface area contributed by atoms with Gasteiger partial charge in [-0.25, -0.2) is 0 Å². The largest absolute Gasteiger partial charge is 0.394 e. The van der Waals surface area contributed by atoms with E-state index < -0.39 is 0 Å². The van der Waals surface area contributed by atoms with Crippen LogP contribution in [0.1, 0.15) is 52.4 Å². The minimum absolute atomic E-state index is 0.0278. The zero-order chi connectivity index (χ0) is 13.9. The molecule has 0 aromatic rings. The van der Waals surface area contributed by atoms with Crippen molar-refractivity contribution in [3.8, 4) is 0 Å². The smallest absolute Gasteiger partial charge is 0.0698 e. The van der Waals surface area contributed by atoms with E-state index in [0.29, 0.717) is 13.2 Å². The van der Waals surface area contributed by atoms with Crippen LogP contribution < -0.4 is 0 Å². The van der Waals surface area contributed by atoms with Crippen molar-refractivity contribution < 1.29 is 19.7 Å².